The third-order valence-corrected chi connectivity index (χ3v) is 3.92. The second kappa shape index (κ2) is 7.18. The van der Waals surface area contributed by atoms with E-state index in [1.807, 2.05) is 32.0 Å². The standard InChI is InChI=1S/C19H17FN4O2/c1-12-6-7-16(10-13(12)2)24-9-8-21-17(18(24)25)23-19(26)22-15-5-3-4-14(20)11-15/h3-11H,1-2H3,(H2,21,22,23,26). The summed E-state index contributed by atoms with van der Waals surface area (Å²) in [6, 6.07) is 10.4. The predicted octanol–water partition coefficient (Wildman–Crippen LogP) is 3.63. The minimum Gasteiger partial charge on any atom is -0.308 e. The first-order valence-corrected chi connectivity index (χ1v) is 7.93. The number of urea groups is 1. The fourth-order valence-electron chi connectivity index (χ4n) is 2.41. The number of aromatic nitrogens is 2. The summed E-state index contributed by atoms with van der Waals surface area (Å²) in [7, 11) is 0. The monoisotopic (exact) mass is 352 g/mol. The van der Waals surface area contributed by atoms with Crippen LogP contribution in [-0.2, 0) is 0 Å². The molecule has 0 saturated heterocycles. The SMILES string of the molecule is Cc1ccc(-n2ccnc(NC(=O)Nc3cccc(F)c3)c2=O)cc1C. The molecule has 1 heterocycles. The lowest BCUT2D eigenvalue weighted by Crippen LogP contribution is -2.28. The van der Waals surface area contributed by atoms with Gasteiger partial charge in [-0.25, -0.2) is 14.2 Å². The lowest BCUT2D eigenvalue weighted by atomic mass is 10.1. The highest BCUT2D eigenvalue weighted by molar-refractivity contribution is 5.99. The van der Waals surface area contributed by atoms with E-state index in [4.69, 9.17) is 0 Å². The summed E-state index contributed by atoms with van der Waals surface area (Å²) < 4.78 is 14.6. The van der Waals surface area contributed by atoms with Crippen molar-refractivity contribution in [1.82, 2.24) is 9.55 Å². The number of halogens is 1. The highest BCUT2D eigenvalue weighted by Crippen LogP contribution is 2.13. The molecule has 0 atom stereocenters. The minimum absolute atomic E-state index is 0.125. The van der Waals surface area contributed by atoms with Gasteiger partial charge in [-0.15, -0.1) is 0 Å². The van der Waals surface area contributed by atoms with Crippen molar-refractivity contribution >= 4 is 17.5 Å². The first kappa shape index (κ1) is 17.3. The van der Waals surface area contributed by atoms with Gasteiger partial charge >= 0.3 is 6.03 Å². The lowest BCUT2D eigenvalue weighted by Gasteiger charge is -2.11. The van der Waals surface area contributed by atoms with Crippen LogP contribution < -0.4 is 16.2 Å². The van der Waals surface area contributed by atoms with Gasteiger partial charge in [0.2, 0.25) is 5.82 Å². The molecule has 0 radical (unpaired) electrons. The van der Waals surface area contributed by atoms with E-state index in [1.165, 1.54) is 41.2 Å². The van der Waals surface area contributed by atoms with E-state index in [9.17, 15) is 14.0 Å². The molecule has 0 aliphatic carbocycles. The van der Waals surface area contributed by atoms with E-state index in [0.717, 1.165) is 11.1 Å². The van der Waals surface area contributed by atoms with Gasteiger partial charge in [0.05, 0.1) is 0 Å². The zero-order chi connectivity index (χ0) is 18.7. The van der Waals surface area contributed by atoms with E-state index < -0.39 is 17.4 Å². The van der Waals surface area contributed by atoms with Crippen molar-refractivity contribution in [1.29, 1.82) is 0 Å². The highest BCUT2D eigenvalue weighted by Gasteiger charge is 2.11. The van der Waals surface area contributed by atoms with Gasteiger partial charge in [0, 0.05) is 23.8 Å². The van der Waals surface area contributed by atoms with E-state index in [1.54, 1.807) is 0 Å². The summed E-state index contributed by atoms with van der Waals surface area (Å²) in [5.74, 6) is -0.600. The van der Waals surface area contributed by atoms with Crippen molar-refractivity contribution in [2.45, 2.75) is 13.8 Å². The fraction of sp³-hybridized carbons (Fsp3) is 0.105. The largest absolute Gasteiger partial charge is 0.325 e. The van der Waals surface area contributed by atoms with Crippen LogP contribution in [-0.4, -0.2) is 15.6 Å². The first-order chi connectivity index (χ1) is 12.4. The third-order valence-electron chi connectivity index (χ3n) is 3.92. The van der Waals surface area contributed by atoms with Crippen LogP contribution in [0.2, 0.25) is 0 Å². The van der Waals surface area contributed by atoms with Gasteiger partial charge in [0.25, 0.3) is 5.56 Å². The normalized spacial score (nSPS) is 10.4. The van der Waals surface area contributed by atoms with Crippen LogP contribution in [0.15, 0.2) is 59.7 Å². The maximum Gasteiger partial charge on any atom is 0.325 e. The maximum atomic E-state index is 13.2. The second-order valence-corrected chi connectivity index (χ2v) is 5.81. The summed E-state index contributed by atoms with van der Waals surface area (Å²) in [4.78, 5) is 28.6. The molecule has 2 amide bonds. The zero-order valence-electron chi connectivity index (χ0n) is 14.3. The van der Waals surface area contributed by atoms with Crippen molar-refractivity contribution in [3.63, 3.8) is 0 Å². The Bertz CT molecular complexity index is 1030. The van der Waals surface area contributed by atoms with Gasteiger partial charge in [-0.05, 0) is 55.3 Å². The molecule has 0 bridgehead atoms. The van der Waals surface area contributed by atoms with Crippen LogP contribution in [0.5, 0.6) is 0 Å². The minimum atomic E-state index is -0.682. The van der Waals surface area contributed by atoms with Crippen molar-refractivity contribution in [3.05, 3.63) is 82.2 Å². The van der Waals surface area contributed by atoms with Gasteiger partial charge in [-0.3, -0.25) is 14.7 Å². The summed E-state index contributed by atoms with van der Waals surface area (Å²) in [6.45, 7) is 3.94. The molecule has 6 nitrogen and oxygen atoms in total. The van der Waals surface area contributed by atoms with E-state index >= 15 is 0 Å². The van der Waals surface area contributed by atoms with Crippen LogP contribution in [0.25, 0.3) is 5.69 Å². The van der Waals surface area contributed by atoms with Crippen LogP contribution in [0.3, 0.4) is 0 Å². The van der Waals surface area contributed by atoms with Crippen molar-refractivity contribution in [3.8, 4) is 5.69 Å². The number of rotatable bonds is 3. The summed E-state index contributed by atoms with van der Waals surface area (Å²) in [5, 5.41) is 4.85. The Kier molecular flexibility index (Phi) is 4.79. The van der Waals surface area contributed by atoms with Crippen LogP contribution in [0.4, 0.5) is 20.7 Å². The van der Waals surface area contributed by atoms with Crippen LogP contribution >= 0.6 is 0 Å². The number of amides is 2. The number of nitrogens with one attached hydrogen (secondary N) is 2. The quantitative estimate of drug-likeness (QED) is 0.756. The molecule has 1 aromatic heterocycles. The topological polar surface area (TPSA) is 76.0 Å². The number of aryl methyl sites for hydroxylation is 2. The molecule has 0 fully saturated rings. The Morgan fingerprint density at radius 2 is 1.88 bits per heavy atom. The Labute approximate surface area is 149 Å². The predicted molar refractivity (Wildman–Crippen MR) is 98.3 cm³/mol. The van der Waals surface area contributed by atoms with Crippen LogP contribution in [0, 0.1) is 19.7 Å². The van der Waals surface area contributed by atoms with Crippen LogP contribution in [0.1, 0.15) is 11.1 Å². The number of carbonyl (C=O) groups is 1. The molecule has 7 heteroatoms. The maximum absolute atomic E-state index is 13.2. The third kappa shape index (κ3) is 3.77. The molecule has 2 aromatic carbocycles. The molecule has 0 spiro atoms. The number of carbonyl (C=O) groups excluding carboxylic acids is 1. The average Bonchev–Trinajstić information content (AvgIpc) is 2.59. The Morgan fingerprint density at radius 3 is 2.62 bits per heavy atom. The molecule has 3 aromatic rings. The molecule has 0 aliphatic rings. The van der Waals surface area contributed by atoms with Gasteiger partial charge in [-0.1, -0.05) is 12.1 Å². The van der Waals surface area contributed by atoms with E-state index in [-0.39, 0.29) is 11.5 Å². The molecule has 2 N–H and O–H groups in total. The van der Waals surface area contributed by atoms with E-state index in [2.05, 4.69) is 15.6 Å². The second-order valence-electron chi connectivity index (χ2n) is 5.81. The van der Waals surface area contributed by atoms with E-state index in [0.29, 0.717) is 5.69 Å². The molecule has 0 aliphatic heterocycles. The van der Waals surface area contributed by atoms with Crippen molar-refractivity contribution in [2.24, 2.45) is 0 Å². The Morgan fingerprint density at radius 1 is 1.08 bits per heavy atom. The van der Waals surface area contributed by atoms with Gasteiger partial charge < -0.3 is 5.32 Å². The molecule has 0 saturated carbocycles. The Hall–Kier alpha value is -3.48. The number of hydrogen-bond acceptors (Lipinski definition) is 3. The number of benzene rings is 2. The summed E-state index contributed by atoms with van der Waals surface area (Å²) >= 11 is 0. The Balaban J connectivity index is 1.84. The molecule has 0 unspecified atom stereocenters. The fourth-order valence-corrected chi connectivity index (χ4v) is 2.41. The molecule has 132 valence electrons. The molecule has 3 rings (SSSR count). The van der Waals surface area contributed by atoms with Gasteiger partial charge in [0.1, 0.15) is 5.82 Å². The molecule has 26 heavy (non-hydrogen) atoms. The average molecular weight is 352 g/mol. The van der Waals surface area contributed by atoms with Gasteiger partial charge in [-0.2, -0.15) is 0 Å². The lowest BCUT2D eigenvalue weighted by molar-refractivity contribution is 0.262. The summed E-state index contributed by atoms with van der Waals surface area (Å²) in [6.07, 6.45) is 2.95. The van der Waals surface area contributed by atoms with Gasteiger partial charge in [0.15, 0.2) is 0 Å². The smallest absolute Gasteiger partial charge is 0.308 e. The van der Waals surface area contributed by atoms with Crippen molar-refractivity contribution < 1.29 is 9.18 Å². The molecular formula is C19H17FN4O2. The number of hydrogen-bond donors (Lipinski definition) is 2. The summed E-state index contributed by atoms with van der Waals surface area (Å²) in [5.41, 5.74) is 2.64. The highest BCUT2D eigenvalue weighted by atomic mass is 19.1. The van der Waals surface area contributed by atoms with Crippen molar-refractivity contribution in [2.75, 3.05) is 10.6 Å². The number of anilines is 2. The first-order valence-electron chi connectivity index (χ1n) is 7.93. The molecular weight excluding hydrogens is 335 g/mol. The number of nitrogens with zero attached hydrogens (tertiary/aromatic N) is 2. The zero-order valence-corrected chi connectivity index (χ0v) is 14.3.